The standard InChI is InChI=1S/C16H28N4O2S/c1-6-20(7-2)14-18-10-11(23-14)9-17-12-8-13(12)19-15(21)22-16(3,4)5/h10,12-13,17H,6-9H2,1-5H3,(H,19,21). The summed E-state index contributed by atoms with van der Waals surface area (Å²) in [6.07, 6.45) is 2.54. The largest absolute Gasteiger partial charge is 0.444 e. The molecule has 23 heavy (non-hydrogen) atoms. The molecule has 2 N–H and O–H groups in total. The van der Waals surface area contributed by atoms with Crippen molar-refractivity contribution in [1.29, 1.82) is 0 Å². The summed E-state index contributed by atoms with van der Waals surface area (Å²) in [5.41, 5.74) is -0.453. The minimum atomic E-state index is -0.453. The van der Waals surface area contributed by atoms with Gasteiger partial charge in [-0.05, 0) is 41.0 Å². The lowest BCUT2D eigenvalue weighted by Crippen LogP contribution is -2.36. The number of nitrogens with zero attached hydrogens (tertiary/aromatic N) is 2. The van der Waals surface area contributed by atoms with Gasteiger partial charge in [0.05, 0.1) is 0 Å². The van der Waals surface area contributed by atoms with E-state index in [9.17, 15) is 4.79 Å². The topological polar surface area (TPSA) is 66.5 Å². The van der Waals surface area contributed by atoms with Crippen molar-refractivity contribution in [3.8, 4) is 0 Å². The Balaban J connectivity index is 1.71. The Bertz CT molecular complexity index is 522. The highest BCUT2D eigenvalue weighted by Crippen LogP contribution is 2.25. The molecule has 7 heteroatoms. The monoisotopic (exact) mass is 340 g/mol. The molecule has 0 saturated heterocycles. The van der Waals surface area contributed by atoms with Crippen LogP contribution < -0.4 is 15.5 Å². The molecule has 0 radical (unpaired) electrons. The van der Waals surface area contributed by atoms with Crippen molar-refractivity contribution < 1.29 is 9.53 Å². The predicted octanol–water partition coefficient (Wildman–Crippen LogP) is 2.74. The van der Waals surface area contributed by atoms with E-state index in [0.29, 0.717) is 6.04 Å². The molecule has 1 heterocycles. The highest BCUT2D eigenvalue weighted by Gasteiger charge is 2.38. The van der Waals surface area contributed by atoms with Gasteiger partial charge in [0.15, 0.2) is 5.13 Å². The Morgan fingerprint density at radius 3 is 2.70 bits per heavy atom. The van der Waals surface area contributed by atoms with E-state index in [0.717, 1.165) is 31.2 Å². The summed E-state index contributed by atoms with van der Waals surface area (Å²) in [6, 6.07) is 0.488. The Labute approximate surface area is 142 Å². The zero-order chi connectivity index (χ0) is 17.0. The summed E-state index contributed by atoms with van der Waals surface area (Å²) < 4.78 is 5.26. The molecule has 2 unspecified atom stereocenters. The number of aromatic nitrogens is 1. The Morgan fingerprint density at radius 2 is 2.09 bits per heavy atom. The quantitative estimate of drug-likeness (QED) is 0.799. The highest BCUT2D eigenvalue weighted by atomic mass is 32.1. The number of carbonyl (C=O) groups is 1. The number of anilines is 1. The molecule has 1 aliphatic rings. The molecule has 1 aromatic rings. The predicted molar refractivity (Wildman–Crippen MR) is 94.1 cm³/mol. The second kappa shape index (κ2) is 7.49. The fourth-order valence-corrected chi connectivity index (χ4v) is 3.28. The van der Waals surface area contributed by atoms with Crippen molar-refractivity contribution in [3.63, 3.8) is 0 Å². The number of nitrogens with one attached hydrogen (secondary N) is 2. The maximum Gasteiger partial charge on any atom is 0.407 e. The lowest BCUT2D eigenvalue weighted by molar-refractivity contribution is 0.0522. The Hall–Kier alpha value is -1.34. The molecule has 6 nitrogen and oxygen atoms in total. The van der Waals surface area contributed by atoms with Crippen LogP contribution in [0.25, 0.3) is 0 Å². The number of rotatable bonds is 7. The molecule has 2 atom stereocenters. The van der Waals surface area contributed by atoms with E-state index in [1.165, 1.54) is 4.88 Å². The zero-order valence-corrected chi connectivity index (χ0v) is 15.5. The number of alkyl carbamates (subject to hydrolysis) is 1. The third-order valence-corrected chi connectivity index (χ3v) is 4.66. The molecule has 2 rings (SSSR count). The lowest BCUT2D eigenvalue weighted by Gasteiger charge is -2.19. The molecule has 0 aromatic carbocycles. The second-order valence-electron chi connectivity index (χ2n) is 6.76. The van der Waals surface area contributed by atoms with E-state index in [4.69, 9.17) is 4.74 Å². The fourth-order valence-electron chi connectivity index (χ4n) is 2.29. The average Bonchev–Trinajstić information content (AvgIpc) is 3.00. The first-order chi connectivity index (χ1) is 10.8. The molecular formula is C16H28N4O2S. The SMILES string of the molecule is CCN(CC)c1ncc(CNC2CC2NC(=O)OC(C)(C)C)s1. The van der Waals surface area contributed by atoms with Gasteiger partial charge in [-0.25, -0.2) is 9.78 Å². The zero-order valence-electron chi connectivity index (χ0n) is 14.7. The van der Waals surface area contributed by atoms with Gasteiger partial charge in [0.2, 0.25) is 0 Å². The summed E-state index contributed by atoms with van der Waals surface area (Å²) in [5.74, 6) is 0. The molecule has 0 spiro atoms. The Morgan fingerprint density at radius 1 is 1.39 bits per heavy atom. The van der Waals surface area contributed by atoms with Crippen LogP contribution in [0.5, 0.6) is 0 Å². The molecule has 0 aliphatic heterocycles. The van der Waals surface area contributed by atoms with Crippen LogP contribution in [0.4, 0.5) is 9.93 Å². The van der Waals surface area contributed by atoms with Crippen LogP contribution >= 0.6 is 11.3 Å². The molecule has 0 bridgehead atoms. The molecule has 1 aliphatic carbocycles. The molecule has 1 saturated carbocycles. The number of ether oxygens (including phenoxy) is 1. The molecule has 1 fully saturated rings. The molecular weight excluding hydrogens is 312 g/mol. The summed E-state index contributed by atoms with van der Waals surface area (Å²) >= 11 is 1.72. The minimum absolute atomic E-state index is 0.167. The van der Waals surface area contributed by atoms with Crippen LogP contribution in [-0.2, 0) is 11.3 Å². The summed E-state index contributed by atoms with van der Waals surface area (Å²) in [7, 11) is 0. The van der Waals surface area contributed by atoms with E-state index in [1.807, 2.05) is 27.0 Å². The highest BCUT2D eigenvalue weighted by molar-refractivity contribution is 7.15. The first-order valence-electron chi connectivity index (χ1n) is 8.25. The minimum Gasteiger partial charge on any atom is -0.444 e. The average molecular weight is 340 g/mol. The van der Waals surface area contributed by atoms with Crippen LogP contribution in [0.15, 0.2) is 6.20 Å². The van der Waals surface area contributed by atoms with Crippen molar-refractivity contribution in [2.24, 2.45) is 0 Å². The van der Waals surface area contributed by atoms with Gasteiger partial charge in [-0.15, -0.1) is 11.3 Å². The number of hydrogen-bond acceptors (Lipinski definition) is 6. The van der Waals surface area contributed by atoms with Gasteiger partial charge in [0.25, 0.3) is 0 Å². The van der Waals surface area contributed by atoms with Gasteiger partial charge >= 0.3 is 6.09 Å². The first-order valence-corrected chi connectivity index (χ1v) is 9.06. The Kier molecular flexibility index (Phi) is 5.86. The number of thiazole rings is 1. The maximum atomic E-state index is 11.7. The van der Waals surface area contributed by atoms with Crippen molar-refractivity contribution in [2.75, 3.05) is 18.0 Å². The van der Waals surface area contributed by atoms with Crippen molar-refractivity contribution in [1.82, 2.24) is 15.6 Å². The van der Waals surface area contributed by atoms with Crippen LogP contribution in [0.2, 0.25) is 0 Å². The first kappa shape index (κ1) is 18.0. The van der Waals surface area contributed by atoms with Gasteiger partial charge in [0, 0.05) is 42.8 Å². The van der Waals surface area contributed by atoms with E-state index < -0.39 is 5.60 Å². The second-order valence-corrected chi connectivity index (χ2v) is 7.85. The number of carbonyl (C=O) groups excluding carboxylic acids is 1. The normalized spacial score (nSPS) is 20.2. The summed E-state index contributed by atoms with van der Waals surface area (Å²) in [6.45, 7) is 12.6. The van der Waals surface area contributed by atoms with Gasteiger partial charge in [-0.2, -0.15) is 0 Å². The van der Waals surface area contributed by atoms with Gasteiger partial charge < -0.3 is 20.3 Å². The number of amides is 1. The maximum absolute atomic E-state index is 11.7. The van der Waals surface area contributed by atoms with E-state index >= 15 is 0 Å². The van der Waals surface area contributed by atoms with Crippen molar-refractivity contribution >= 4 is 22.6 Å². The van der Waals surface area contributed by atoms with Crippen LogP contribution in [0, 0.1) is 0 Å². The third-order valence-electron chi connectivity index (χ3n) is 3.61. The molecule has 130 valence electrons. The van der Waals surface area contributed by atoms with Crippen LogP contribution in [0.1, 0.15) is 45.9 Å². The van der Waals surface area contributed by atoms with Crippen molar-refractivity contribution in [2.45, 2.75) is 65.3 Å². The van der Waals surface area contributed by atoms with E-state index in [-0.39, 0.29) is 12.1 Å². The molecule has 1 aromatic heterocycles. The van der Waals surface area contributed by atoms with Gasteiger partial charge in [0.1, 0.15) is 5.60 Å². The summed E-state index contributed by atoms with van der Waals surface area (Å²) in [4.78, 5) is 19.6. The van der Waals surface area contributed by atoms with E-state index in [1.54, 1.807) is 11.3 Å². The smallest absolute Gasteiger partial charge is 0.407 e. The van der Waals surface area contributed by atoms with Crippen molar-refractivity contribution in [3.05, 3.63) is 11.1 Å². The van der Waals surface area contributed by atoms with Gasteiger partial charge in [-0.3, -0.25) is 0 Å². The molecule has 1 amide bonds. The number of hydrogen-bond donors (Lipinski definition) is 2. The van der Waals surface area contributed by atoms with Crippen LogP contribution in [-0.4, -0.2) is 41.9 Å². The van der Waals surface area contributed by atoms with Gasteiger partial charge in [-0.1, -0.05) is 0 Å². The fraction of sp³-hybridized carbons (Fsp3) is 0.750. The third kappa shape index (κ3) is 5.66. The van der Waals surface area contributed by atoms with Crippen LogP contribution in [0.3, 0.4) is 0 Å². The summed E-state index contributed by atoms with van der Waals surface area (Å²) in [5, 5.41) is 7.43. The van der Waals surface area contributed by atoms with E-state index in [2.05, 4.69) is 34.4 Å². The lowest BCUT2D eigenvalue weighted by atomic mass is 10.2.